The molecule has 2 saturated heterocycles. The monoisotopic (exact) mass is 387 g/mol. The number of halogens is 1. The molecule has 0 saturated carbocycles. The first kappa shape index (κ1) is 18.6. The first-order chi connectivity index (χ1) is 11.8. The number of morpholine rings is 1. The Hall–Kier alpha value is -1.19. The van der Waals surface area contributed by atoms with Gasteiger partial charge >= 0.3 is 0 Å². The minimum atomic E-state index is -3.67. The average molecular weight is 388 g/mol. The lowest BCUT2D eigenvalue weighted by atomic mass is 9.96. The highest BCUT2D eigenvalue weighted by atomic mass is 35.5. The molecule has 0 spiro atoms. The predicted molar refractivity (Wildman–Crippen MR) is 94.1 cm³/mol. The molecule has 2 N–H and O–H groups in total. The van der Waals surface area contributed by atoms with Crippen molar-refractivity contribution in [2.24, 2.45) is 11.1 Å². The third-order valence-electron chi connectivity index (χ3n) is 4.78. The lowest BCUT2D eigenvalue weighted by molar-refractivity contribution is -0.144. The molecule has 1 aromatic rings. The van der Waals surface area contributed by atoms with Gasteiger partial charge in [-0.15, -0.1) is 0 Å². The van der Waals surface area contributed by atoms with Gasteiger partial charge in [-0.1, -0.05) is 23.7 Å². The maximum Gasteiger partial charge on any atom is 0.276 e. The van der Waals surface area contributed by atoms with Crippen LogP contribution in [-0.4, -0.2) is 56.3 Å². The number of carbonyl (C=O) groups is 1. The van der Waals surface area contributed by atoms with E-state index in [-0.39, 0.29) is 17.9 Å². The van der Waals surface area contributed by atoms with Crippen molar-refractivity contribution in [3.63, 3.8) is 0 Å². The van der Waals surface area contributed by atoms with E-state index in [1.807, 2.05) is 29.2 Å². The van der Waals surface area contributed by atoms with Gasteiger partial charge in [-0.25, -0.2) is 5.14 Å². The van der Waals surface area contributed by atoms with Gasteiger partial charge in [0, 0.05) is 30.6 Å². The zero-order valence-corrected chi connectivity index (χ0v) is 15.4. The van der Waals surface area contributed by atoms with E-state index in [0.717, 1.165) is 5.56 Å². The summed E-state index contributed by atoms with van der Waals surface area (Å²) in [7, 11) is -3.67. The molecule has 0 radical (unpaired) electrons. The minimum absolute atomic E-state index is 0.0660. The van der Waals surface area contributed by atoms with E-state index < -0.39 is 10.2 Å². The molecule has 25 heavy (non-hydrogen) atoms. The fraction of sp³-hybridized carbons (Fsp3) is 0.562. The van der Waals surface area contributed by atoms with Crippen molar-refractivity contribution in [1.29, 1.82) is 0 Å². The van der Waals surface area contributed by atoms with Crippen LogP contribution in [0.1, 0.15) is 24.5 Å². The van der Waals surface area contributed by atoms with Crippen LogP contribution >= 0.6 is 11.6 Å². The molecule has 3 rings (SSSR count). The first-order valence-electron chi connectivity index (χ1n) is 8.28. The van der Waals surface area contributed by atoms with E-state index in [1.165, 1.54) is 4.31 Å². The second-order valence-electron chi connectivity index (χ2n) is 6.41. The van der Waals surface area contributed by atoms with Crippen molar-refractivity contribution in [2.45, 2.75) is 18.9 Å². The summed E-state index contributed by atoms with van der Waals surface area (Å²) in [6.07, 6.45) is 0.829. The highest BCUT2D eigenvalue weighted by Crippen LogP contribution is 2.27. The lowest BCUT2D eigenvalue weighted by Crippen LogP contribution is -2.49. The molecular weight excluding hydrogens is 366 g/mol. The van der Waals surface area contributed by atoms with E-state index in [2.05, 4.69) is 0 Å². The summed E-state index contributed by atoms with van der Waals surface area (Å²) in [5.74, 6) is -0.0988. The smallest absolute Gasteiger partial charge is 0.276 e. The lowest BCUT2D eigenvalue weighted by Gasteiger charge is -2.37. The van der Waals surface area contributed by atoms with Gasteiger partial charge in [-0.3, -0.25) is 4.79 Å². The van der Waals surface area contributed by atoms with Crippen molar-refractivity contribution in [3.8, 4) is 0 Å². The summed E-state index contributed by atoms with van der Waals surface area (Å²) in [4.78, 5) is 14.6. The van der Waals surface area contributed by atoms with Gasteiger partial charge in [0.25, 0.3) is 10.2 Å². The summed E-state index contributed by atoms with van der Waals surface area (Å²) < 4.78 is 29.8. The zero-order chi connectivity index (χ0) is 18.0. The SMILES string of the molecule is NS(=O)(=O)N1CCC(C(=O)N2CCO[C@H](c3ccc(Cl)cc3)C2)CC1. The zero-order valence-electron chi connectivity index (χ0n) is 13.8. The van der Waals surface area contributed by atoms with Gasteiger partial charge in [0.05, 0.1) is 13.2 Å². The molecule has 1 amide bonds. The molecular formula is C16H22ClN3O4S. The number of benzene rings is 1. The van der Waals surface area contributed by atoms with Crippen molar-refractivity contribution >= 4 is 27.7 Å². The Morgan fingerprint density at radius 1 is 1.16 bits per heavy atom. The number of hydrogen-bond donors (Lipinski definition) is 1. The maximum absolute atomic E-state index is 12.8. The Kier molecular flexibility index (Phi) is 5.65. The van der Waals surface area contributed by atoms with Crippen LogP contribution in [0, 0.1) is 5.92 Å². The third kappa shape index (κ3) is 4.51. The van der Waals surface area contributed by atoms with Crippen LogP contribution in [0.4, 0.5) is 0 Å². The Balaban J connectivity index is 1.60. The van der Waals surface area contributed by atoms with Crippen molar-refractivity contribution in [1.82, 2.24) is 9.21 Å². The molecule has 1 aromatic carbocycles. The number of hydrogen-bond acceptors (Lipinski definition) is 4. The molecule has 1 atom stereocenters. The van der Waals surface area contributed by atoms with E-state index in [4.69, 9.17) is 21.5 Å². The van der Waals surface area contributed by atoms with Gasteiger partial charge in [0.15, 0.2) is 0 Å². The standard InChI is InChI=1S/C16H22ClN3O4S/c17-14-3-1-12(2-4-14)15-11-19(9-10-24-15)16(21)13-5-7-20(8-6-13)25(18,22)23/h1-4,13,15H,5-11H2,(H2,18,22,23)/t15-/m0/s1. The average Bonchev–Trinajstić information content (AvgIpc) is 2.61. The highest BCUT2D eigenvalue weighted by molar-refractivity contribution is 7.86. The fourth-order valence-electron chi connectivity index (χ4n) is 3.34. The molecule has 138 valence electrons. The van der Waals surface area contributed by atoms with Crippen LogP contribution in [0.15, 0.2) is 24.3 Å². The van der Waals surface area contributed by atoms with Crippen LogP contribution in [0.5, 0.6) is 0 Å². The molecule has 0 bridgehead atoms. The maximum atomic E-state index is 12.8. The molecule has 2 heterocycles. The molecule has 2 aliphatic rings. The normalized spacial score (nSPS) is 23.6. The van der Waals surface area contributed by atoms with Crippen LogP contribution in [0.3, 0.4) is 0 Å². The third-order valence-corrected chi connectivity index (χ3v) is 6.12. The largest absolute Gasteiger partial charge is 0.370 e. The Labute approximate surface area is 152 Å². The number of ether oxygens (including phenoxy) is 1. The quantitative estimate of drug-likeness (QED) is 0.842. The van der Waals surface area contributed by atoms with Crippen LogP contribution < -0.4 is 5.14 Å². The summed E-state index contributed by atoms with van der Waals surface area (Å²) in [5.41, 5.74) is 0.992. The number of nitrogens with two attached hydrogens (primary N) is 1. The van der Waals surface area contributed by atoms with Gasteiger partial charge in [0.2, 0.25) is 5.91 Å². The van der Waals surface area contributed by atoms with Gasteiger partial charge in [-0.05, 0) is 30.5 Å². The first-order valence-corrected chi connectivity index (χ1v) is 10.2. The highest BCUT2D eigenvalue weighted by Gasteiger charge is 2.34. The van der Waals surface area contributed by atoms with Crippen molar-refractivity contribution < 1.29 is 17.9 Å². The summed E-state index contributed by atoms with van der Waals surface area (Å²) in [5, 5.41) is 5.81. The topological polar surface area (TPSA) is 92.9 Å². The van der Waals surface area contributed by atoms with E-state index in [9.17, 15) is 13.2 Å². The molecule has 2 aliphatic heterocycles. The van der Waals surface area contributed by atoms with Gasteiger partial charge in [-0.2, -0.15) is 12.7 Å². The van der Waals surface area contributed by atoms with E-state index in [0.29, 0.717) is 50.7 Å². The van der Waals surface area contributed by atoms with Crippen LogP contribution in [-0.2, 0) is 19.7 Å². The van der Waals surface area contributed by atoms with Crippen LogP contribution in [0.25, 0.3) is 0 Å². The predicted octanol–water partition coefficient (Wildman–Crippen LogP) is 1.16. The number of amides is 1. The summed E-state index contributed by atoms with van der Waals surface area (Å²) >= 11 is 5.91. The second kappa shape index (κ2) is 7.59. The van der Waals surface area contributed by atoms with Crippen molar-refractivity contribution in [3.05, 3.63) is 34.9 Å². The molecule has 0 aromatic heterocycles. The summed E-state index contributed by atoms with van der Waals surface area (Å²) in [6.45, 7) is 2.11. The number of nitrogens with zero attached hydrogens (tertiary/aromatic N) is 2. The minimum Gasteiger partial charge on any atom is -0.370 e. The number of piperidine rings is 1. The van der Waals surface area contributed by atoms with E-state index >= 15 is 0 Å². The van der Waals surface area contributed by atoms with Crippen molar-refractivity contribution in [2.75, 3.05) is 32.8 Å². The Morgan fingerprint density at radius 2 is 1.80 bits per heavy atom. The Morgan fingerprint density at radius 3 is 2.40 bits per heavy atom. The molecule has 0 aliphatic carbocycles. The van der Waals surface area contributed by atoms with Crippen LogP contribution in [0.2, 0.25) is 5.02 Å². The molecule has 2 fully saturated rings. The summed E-state index contributed by atoms with van der Waals surface area (Å²) in [6, 6.07) is 7.44. The number of rotatable bonds is 3. The molecule has 0 unspecified atom stereocenters. The van der Waals surface area contributed by atoms with E-state index in [1.54, 1.807) is 0 Å². The molecule has 9 heteroatoms. The fourth-order valence-corrected chi connectivity index (χ4v) is 4.19. The molecule has 7 nitrogen and oxygen atoms in total. The second-order valence-corrected chi connectivity index (χ2v) is 8.40. The van der Waals surface area contributed by atoms with Gasteiger partial charge < -0.3 is 9.64 Å². The Bertz CT molecular complexity index is 717. The number of carbonyl (C=O) groups excluding carboxylic acids is 1. The van der Waals surface area contributed by atoms with Gasteiger partial charge in [0.1, 0.15) is 6.10 Å².